The Morgan fingerprint density at radius 3 is 1.00 bits per heavy atom. The van der Waals surface area contributed by atoms with Gasteiger partial charge in [-0.25, -0.2) is 0 Å². The number of halogens is 2. The number of aryl methyl sites for hydroxylation is 6. The van der Waals surface area contributed by atoms with Gasteiger partial charge in [0.2, 0.25) is 0 Å². The van der Waals surface area contributed by atoms with Crippen molar-refractivity contribution >= 4 is 31.9 Å². The zero-order chi connectivity index (χ0) is 16.6. The first-order chi connectivity index (χ1) is 10.2. The highest BCUT2D eigenvalue weighted by Crippen LogP contribution is 2.46. The predicted molar refractivity (Wildman–Crippen MR) is 105 cm³/mol. The van der Waals surface area contributed by atoms with Crippen LogP contribution in [0.2, 0.25) is 0 Å². The van der Waals surface area contributed by atoms with Gasteiger partial charge < -0.3 is 0 Å². The zero-order valence-electron chi connectivity index (χ0n) is 14.2. The Labute approximate surface area is 151 Å². The van der Waals surface area contributed by atoms with Gasteiger partial charge in [-0.3, -0.25) is 0 Å². The van der Waals surface area contributed by atoms with Gasteiger partial charge in [-0.2, -0.15) is 0 Å². The van der Waals surface area contributed by atoms with Crippen molar-refractivity contribution < 1.29 is 0 Å². The molecule has 0 amide bonds. The summed E-state index contributed by atoms with van der Waals surface area (Å²) in [4.78, 5) is 0.515. The first-order valence-corrected chi connectivity index (χ1v) is 9.49. The lowest BCUT2D eigenvalue weighted by Gasteiger charge is -2.25. The molecule has 0 aliphatic carbocycles. The molecule has 0 aromatic heterocycles. The molecule has 0 heterocycles. The van der Waals surface area contributed by atoms with Crippen LogP contribution < -0.4 is 0 Å². The van der Waals surface area contributed by atoms with E-state index in [1.54, 1.807) is 0 Å². The molecule has 2 aromatic carbocycles. The number of benzene rings is 2. The molecule has 0 nitrogen and oxygen atoms in total. The normalized spacial score (nSPS) is 14.0. The van der Waals surface area contributed by atoms with Gasteiger partial charge in [-0.15, -0.1) is 0 Å². The molecule has 0 aliphatic heterocycles. The maximum Gasteiger partial charge on any atom is 0.0566 e. The number of rotatable bonds is 3. The highest BCUT2D eigenvalue weighted by molar-refractivity contribution is 9.12. The summed E-state index contributed by atoms with van der Waals surface area (Å²) < 4.78 is 0. The standard InChI is InChI=1S/C20H24Br2/c1-11-7-13(3)17(14(4)8-11)19(21)20(22)18-15(5)9-12(2)10-16(18)6/h7-10,19-20H,1-6H3/t19-,20-/m0/s1. The third kappa shape index (κ3) is 3.49. The van der Waals surface area contributed by atoms with Gasteiger partial charge >= 0.3 is 0 Å². The Morgan fingerprint density at radius 1 is 0.545 bits per heavy atom. The van der Waals surface area contributed by atoms with Crippen molar-refractivity contribution in [2.45, 2.75) is 51.2 Å². The maximum absolute atomic E-state index is 3.95. The molecule has 2 aromatic rings. The van der Waals surface area contributed by atoms with Crippen LogP contribution in [0.15, 0.2) is 24.3 Å². The molecular formula is C20H24Br2. The van der Waals surface area contributed by atoms with Crippen LogP contribution in [-0.2, 0) is 0 Å². The zero-order valence-corrected chi connectivity index (χ0v) is 17.4. The Kier molecular flexibility index (Phi) is 5.55. The van der Waals surface area contributed by atoms with Crippen molar-refractivity contribution in [3.8, 4) is 0 Å². The summed E-state index contributed by atoms with van der Waals surface area (Å²) in [7, 11) is 0. The van der Waals surface area contributed by atoms with E-state index in [9.17, 15) is 0 Å². The van der Waals surface area contributed by atoms with Crippen molar-refractivity contribution in [2.75, 3.05) is 0 Å². The quantitative estimate of drug-likeness (QED) is 0.461. The average molecular weight is 424 g/mol. The summed E-state index contributed by atoms with van der Waals surface area (Å²) in [5.74, 6) is 0. The van der Waals surface area contributed by atoms with E-state index in [1.165, 1.54) is 44.5 Å². The molecule has 22 heavy (non-hydrogen) atoms. The van der Waals surface area contributed by atoms with Crippen molar-refractivity contribution in [1.82, 2.24) is 0 Å². The van der Waals surface area contributed by atoms with E-state index in [0.29, 0.717) is 0 Å². The first kappa shape index (κ1) is 17.7. The predicted octanol–water partition coefficient (Wildman–Crippen LogP) is 7.11. The Balaban J connectivity index is 2.49. The second-order valence-corrected chi connectivity index (χ2v) is 8.40. The molecule has 0 aliphatic rings. The van der Waals surface area contributed by atoms with Crippen molar-refractivity contribution in [3.63, 3.8) is 0 Å². The lowest BCUT2D eigenvalue weighted by molar-refractivity contribution is 0.897. The third-order valence-electron chi connectivity index (χ3n) is 4.28. The Morgan fingerprint density at radius 2 is 0.773 bits per heavy atom. The second-order valence-electron chi connectivity index (χ2n) is 6.43. The first-order valence-electron chi connectivity index (χ1n) is 7.66. The van der Waals surface area contributed by atoms with Crippen LogP contribution in [0.25, 0.3) is 0 Å². The average Bonchev–Trinajstić information content (AvgIpc) is 2.35. The molecule has 0 saturated carbocycles. The minimum absolute atomic E-state index is 0.258. The Hall–Kier alpha value is -0.600. The minimum Gasteiger partial charge on any atom is -0.0823 e. The van der Waals surface area contributed by atoms with Gasteiger partial charge in [0.05, 0.1) is 9.65 Å². The molecule has 2 heteroatoms. The lowest BCUT2D eigenvalue weighted by atomic mass is 9.90. The molecule has 118 valence electrons. The van der Waals surface area contributed by atoms with Gasteiger partial charge in [0.25, 0.3) is 0 Å². The topological polar surface area (TPSA) is 0 Å². The van der Waals surface area contributed by atoms with Crippen LogP contribution in [0.1, 0.15) is 54.2 Å². The van der Waals surface area contributed by atoms with E-state index in [1.807, 2.05) is 0 Å². The summed E-state index contributed by atoms with van der Waals surface area (Å²) >= 11 is 7.91. The number of alkyl halides is 2. The fraction of sp³-hybridized carbons (Fsp3) is 0.400. The van der Waals surface area contributed by atoms with Crippen molar-refractivity contribution in [1.29, 1.82) is 0 Å². The van der Waals surface area contributed by atoms with E-state index in [-0.39, 0.29) is 9.65 Å². The van der Waals surface area contributed by atoms with Gasteiger partial charge in [0, 0.05) is 0 Å². The van der Waals surface area contributed by atoms with Crippen LogP contribution in [0.4, 0.5) is 0 Å². The summed E-state index contributed by atoms with van der Waals surface area (Å²) in [6, 6.07) is 9.08. The maximum atomic E-state index is 3.95. The van der Waals surface area contributed by atoms with E-state index < -0.39 is 0 Å². The van der Waals surface area contributed by atoms with Gasteiger partial charge in [0.15, 0.2) is 0 Å². The number of hydrogen-bond acceptors (Lipinski definition) is 0. The van der Waals surface area contributed by atoms with Gasteiger partial charge in [0.1, 0.15) is 0 Å². The van der Waals surface area contributed by atoms with E-state index in [2.05, 4.69) is 97.7 Å². The molecule has 0 saturated heterocycles. The molecular weight excluding hydrogens is 400 g/mol. The number of hydrogen-bond donors (Lipinski definition) is 0. The van der Waals surface area contributed by atoms with Crippen LogP contribution >= 0.6 is 31.9 Å². The van der Waals surface area contributed by atoms with Crippen LogP contribution in [0.5, 0.6) is 0 Å². The summed E-state index contributed by atoms with van der Waals surface area (Å²) in [6.45, 7) is 13.1. The minimum atomic E-state index is 0.258. The van der Waals surface area contributed by atoms with Crippen LogP contribution in [-0.4, -0.2) is 0 Å². The SMILES string of the molecule is Cc1cc(C)c([C@H](Br)[C@@H](Br)c2c(C)cc(C)cc2C)c(C)c1. The highest BCUT2D eigenvalue weighted by Gasteiger charge is 2.25. The van der Waals surface area contributed by atoms with Crippen molar-refractivity contribution in [2.24, 2.45) is 0 Å². The van der Waals surface area contributed by atoms with E-state index in [4.69, 9.17) is 0 Å². The fourth-order valence-corrected chi connectivity index (χ4v) is 5.52. The molecule has 0 bridgehead atoms. The molecule has 2 atom stereocenters. The van der Waals surface area contributed by atoms with Crippen molar-refractivity contribution in [3.05, 3.63) is 68.8 Å². The molecule has 2 rings (SSSR count). The molecule has 0 spiro atoms. The Bertz CT molecular complexity index is 593. The van der Waals surface area contributed by atoms with Gasteiger partial charge in [-0.05, 0) is 74.9 Å². The summed E-state index contributed by atoms with van der Waals surface area (Å²) in [5.41, 5.74) is 10.9. The van der Waals surface area contributed by atoms with Crippen LogP contribution in [0.3, 0.4) is 0 Å². The van der Waals surface area contributed by atoms with Gasteiger partial charge in [-0.1, -0.05) is 67.3 Å². The third-order valence-corrected chi connectivity index (χ3v) is 6.97. The van der Waals surface area contributed by atoms with Crippen LogP contribution in [0, 0.1) is 41.5 Å². The lowest BCUT2D eigenvalue weighted by Crippen LogP contribution is -2.07. The summed E-state index contributed by atoms with van der Waals surface area (Å²) in [5, 5.41) is 0. The highest BCUT2D eigenvalue weighted by atomic mass is 79.9. The smallest absolute Gasteiger partial charge is 0.0566 e. The van der Waals surface area contributed by atoms with E-state index in [0.717, 1.165) is 0 Å². The molecule has 0 N–H and O–H groups in total. The molecule has 0 fully saturated rings. The second kappa shape index (κ2) is 6.88. The fourth-order valence-electron chi connectivity index (χ4n) is 3.55. The largest absolute Gasteiger partial charge is 0.0823 e. The molecule has 0 unspecified atom stereocenters. The van der Waals surface area contributed by atoms with E-state index >= 15 is 0 Å². The monoisotopic (exact) mass is 422 g/mol. The summed E-state index contributed by atoms with van der Waals surface area (Å²) in [6.07, 6.45) is 0. The molecule has 0 radical (unpaired) electrons.